The summed E-state index contributed by atoms with van der Waals surface area (Å²) in [7, 11) is 0. The van der Waals surface area contributed by atoms with Gasteiger partial charge in [0.2, 0.25) is 5.43 Å². The van der Waals surface area contributed by atoms with Gasteiger partial charge in [-0.05, 0) is 108 Å². The van der Waals surface area contributed by atoms with E-state index in [2.05, 4.69) is 125 Å². The van der Waals surface area contributed by atoms with Gasteiger partial charge in [-0.2, -0.15) is 0 Å². The van der Waals surface area contributed by atoms with Crippen LogP contribution < -0.4 is 10.3 Å². The summed E-state index contributed by atoms with van der Waals surface area (Å²) in [5.41, 5.74) is 11.2. The summed E-state index contributed by atoms with van der Waals surface area (Å²) < 4.78 is 14.9. The van der Waals surface area contributed by atoms with Crippen molar-refractivity contribution in [2.24, 2.45) is 0 Å². The molecule has 8 aromatic carbocycles. The predicted octanol–water partition coefficient (Wildman–Crippen LogP) is 13.1. The van der Waals surface area contributed by atoms with E-state index in [1.54, 1.807) is 0 Å². The Labute approximate surface area is 309 Å². The topological polar surface area (TPSA) is 51.5 Å². The summed E-state index contributed by atoms with van der Waals surface area (Å²) >= 11 is 0. The van der Waals surface area contributed by atoms with Crippen LogP contribution in [0.2, 0.25) is 0 Å². The third kappa shape index (κ3) is 4.62. The number of para-hydroxylation sites is 4. The third-order valence-electron chi connectivity index (χ3n) is 10.6. The summed E-state index contributed by atoms with van der Waals surface area (Å²) in [5, 5.41) is 5.59. The van der Waals surface area contributed by atoms with Gasteiger partial charge in [0.25, 0.3) is 0 Å². The fourth-order valence-electron chi connectivity index (χ4n) is 8.14. The highest BCUT2D eigenvalue weighted by Gasteiger charge is 2.21. The minimum Gasteiger partial charge on any atom is -0.456 e. The van der Waals surface area contributed by atoms with Crippen LogP contribution in [-0.2, 0) is 0 Å². The van der Waals surface area contributed by atoms with Gasteiger partial charge in [0.05, 0.1) is 21.8 Å². The first kappa shape index (κ1) is 30.3. The van der Waals surface area contributed by atoms with E-state index in [9.17, 15) is 4.79 Å². The SMILES string of the molecule is O=c1c2ccccc2oc2ccc(-c3cccc(-n4c5ccc(N(c6ccccc6)c6ccccc6)cc5c5c6c(ccc54)oc4ccccc46)c3)cc12. The standard InChI is InChI=1S/C49H30N2O3/c52-49-38-19-8-10-21-44(38)53-45-26-22-32(29-40(45)49)31-12-11-17-35(28-31)51-41-24-23-36(50(33-13-3-1-4-14-33)34-15-5-2-6-16-34)30-39(41)47-42(51)25-27-46-48(47)37-18-7-9-20-43(37)54-46/h1-30H. The van der Waals surface area contributed by atoms with Crippen LogP contribution in [0.4, 0.5) is 17.1 Å². The molecule has 54 heavy (non-hydrogen) atoms. The molecule has 11 rings (SSSR count). The molecule has 0 spiro atoms. The first-order valence-corrected chi connectivity index (χ1v) is 18.0. The number of furan rings is 1. The normalized spacial score (nSPS) is 11.8. The molecule has 0 radical (unpaired) electrons. The lowest BCUT2D eigenvalue weighted by Gasteiger charge is -2.25. The number of aromatic nitrogens is 1. The Morgan fingerprint density at radius 2 is 1.00 bits per heavy atom. The highest BCUT2D eigenvalue weighted by Crippen LogP contribution is 2.44. The van der Waals surface area contributed by atoms with Gasteiger partial charge >= 0.3 is 0 Å². The lowest BCUT2D eigenvalue weighted by Crippen LogP contribution is -2.09. The number of rotatable bonds is 5. The summed E-state index contributed by atoms with van der Waals surface area (Å²) in [5.74, 6) is 0. The molecule has 0 saturated carbocycles. The maximum Gasteiger partial charge on any atom is 0.200 e. The van der Waals surface area contributed by atoms with Crippen LogP contribution in [0, 0.1) is 0 Å². The van der Waals surface area contributed by atoms with Crippen molar-refractivity contribution in [3.05, 3.63) is 192 Å². The van der Waals surface area contributed by atoms with Crippen molar-refractivity contribution < 1.29 is 8.83 Å². The molecule has 0 aliphatic heterocycles. The second kappa shape index (κ2) is 11.8. The molecule has 0 amide bonds. The molecule has 5 heteroatoms. The van der Waals surface area contributed by atoms with Crippen LogP contribution in [0.3, 0.4) is 0 Å². The van der Waals surface area contributed by atoms with Gasteiger partial charge in [0.15, 0.2) is 0 Å². The minimum atomic E-state index is -0.0283. The van der Waals surface area contributed by atoms with Crippen LogP contribution >= 0.6 is 0 Å². The van der Waals surface area contributed by atoms with Crippen molar-refractivity contribution >= 4 is 82.7 Å². The van der Waals surface area contributed by atoms with Crippen molar-refractivity contribution in [1.29, 1.82) is 0 Å². The number of hydrogen-bond donors (Lipinski definition) is 0. The summed E-state index contributed by atoms with van der Waals surface area (Å²) in [6, 6.07) is 62.1. The molecule has 0 aliphatic carbocycles. The summed E-state index contributed by atoms with van der Waals surface area (Å²) in [4.78, 5) is 15.9. The zero-order valence-corrected chi connectivity index (χ0v) is 28.9. The summed E-state index contributed by atoms with van der Waals surface area (Å²) in [6.07, 6.45) is 0. The molecular formula is C49H30N2O3. The average Bonchev–Trinajstić information content (AvgIpc) is 3.77. The second-order valence-corrected chi connectivity index (χ2v) is 13.7. The molecule has 0 fully saturated rings. The molecular weight excluding hydrogens is 665 g/mol. The van der Waals surface area contributed by atoms with Gasteiger partial charge in [0.1, 0.15) is 22.3 Å². The van der Waals surface area contributed by atoms with Gasteiger partial charge in [-0.3, -0.25) is 4.79 Å². The lowest BCUT2D eigenvalue weighted by atomic mass is 10.0. The molecule has 0 bridgehead atoms. The fourth-order valence-corrected chi connectivity index (χ4v) is 8.14. The van der Waals surface area contributed by atoms with E-state index >= 15 is 0 Å². The van der Waals surface area contributed by atoms with E-state index in [1.807, 2.05) is 66.7 Å². The van der Waals surface area contributed by atoms with E-state index < -0.39 is 0 Å². The molecule has 3 aromatic heterocycles. The average molecular weight is 695 g/mol. The number of benzene rings is 8. The van der Waals surface area contributed by atoms with Crippen LogP contribution in [0.5, 0.6) is 0 Å². The van der Waals surface area contributed by atoms with E-state index in [0.717, 1.165) is 77.6 Å². The first-order chi connectivity index (χ1) is 26.7. The molecule has 3 heterocycles. The highest BCUT2D eigenvalue weighted by atomic mass is 16.3. The second-order valence-electron chi connectivity index (χ2n) is 13.7. The van der Waals surface area contributed by atoms with Crippen LogP contribution in [-0.4, -0.2) is 4.57 Å². The maximum atomic E-state index is 13.6. The van der Waals surface area contributed by atoms with Crippen molar-refractivity contribution in [3.63, 3.8) is 0 Å². The fraction of sp³-hybridized carbons (Fsp3) is 0. The molecule has 0 atom stereocenters. The van der Waals surface area contributed by atoms with Gasteiger partial charge in [-0.25, -0.2) is 0 Å². The Morgan fingerprint density at radius 3 is 1.78 bits per heavy atom. The number of fused-ring (bicyclic) bond motifs is 9. The lowest BCUT2D eigenvalue weighted by molar-refractivity contribution is 0.660. The number of hydrogen-bond acceptors (Lipinski definition) is 4. The van der Waals surface area contributed by atoms with Gasteiger partial charge in [-0.15, -0.1) is 0 Å². The van der Waals surface area contributed by atoms with Crippen molar-refractivity contribution in [1.82, 2.24) is 4.57 Å². The Balaban J connectivity index is 1.16. The quantitative estimate of drug-likeness (QED) is 0.168. The van der Waals surface area contributed by atoms with Crippen molar-refractivity contribution in [2.45, 2.75) is 0 Å². The molecule has 0 N–H and O–H groups in total. The summed E-state index contributed by atoms with van der Waals surface area (Å²) in [6.45, 7) is 0. The number of anilines is 3. The molecule has 0 unspecified atom stereocenters. The van der Waals surface area contributed by atoms with Gasteiger partial charge < -0.3 is 18.3 Å². The van der Waals surface area contributed by atoms with E-state index in [0.29, 0.717) is 21.9 Å². The molecule has 254 valence electrons. The van der Waals surface area contributed by atoms with Crippen LogP contribution in [0.1, 0.15) is 0 Å². The van der Waals surface area contributed by atoms with E-state index in [1.165, 1.54) is 0 Å². The van der Waals surface area contributed by atoms with Gasteiger partial charge in [-0.1, -0.05) is 84.9 Å². The Kier molecular flexibility index (Phi) is 6.64. The highest BCUT2D eigenvalue weighted by molar-refractivity contribution is 6.27. The van der Waals surface area contributed by atoms with E-state index in [-0.39, 0.29) is 5.43 Å². The van der Waals surface area contributed by atoms with Gasteiger partial charge in [0, 0.05) is 44.3 Å². The minimum absolute atomic E-state index is 0.0283. The zero-order valence-electron chi connectivity index (χ0n) is 28.9. The van der Waals surface area contributed by atoms with E-state index in [4.69, 9.17) is 8.83 Å². The molecule has 0 aliphatic rings. The molecule has 11 aromatic rings. The maximum absolute atomic E-state index is 13.6. The third-order valence-corrected chi connectivity index (χ3v) is 10.6. The Bertz CT molecular complexity index is 3260. The van der Waals surface area contributed by atoms with Crippen molar-refractivity contribution in [3.8, 4) is 16.8 Å². The molecule has 5 nitrogen and oxygen atoms in total. The largest absolute Gasteiger partial charge is 0.456 e. The zero-order chi connectivity index (χ0) is 35.8. The smallest absolute Gasteiger partial charge is 0.200 e. The Hall–Kier alpha value is -7.37. The first-order valence-electron chi connectivity index (χ1n) is 18.0. The number of nitrogens with zero attached hydrogens (tertiary/aromatic N) is 2. The predicted molar refractivity (Wildman–Crippen MR) is 222 cm³/mol. The van der Waals surface area contributed by atoms with Crippen molar-refractivity contribution in [2.75, 3.05) is 4.90 Å². The molecule has 0 saturated heterocycles. The van der Waals surface area contributed by atoms with Crippen LogP contribution in [0.15, 0.2) is 196 Å². The monoisotopic (exact) mass is 694 g/mol. The Morgan fingerprint density at radius 1 is 0.389 bits per heavy atom. The van der Waals surface area contributed by atoms with Crippen LogP contribution in [0.25, 0.3) is 82.5 Å².